The molecule has 0 aliphatic carbocycles. The van der Waals surface area contributed by atoms with Gasteiger partial charge in [0.25, 0.3) is 21.8 Å². The molecule has 1 aromatic carbocycles. The third-order valence-electron chi connectivity index (χ3n) is 4.64. The van der Waals surface area contributed by atoms with E-state index in [4.69, 9.17) is 0 Å². The molecule has 0 spiro atoms. The van der Waals surface area contributed by atoms with Crippen LogP contribution in [0.3, 0.4) is 0 Å². The predicted molar refractivity (Wildman–Crippen MR) is 99.7 cm³/mol. The van der Waals surface area contributed by atoms with Crippen molar-refractivity contribution in [1.29, 1.82) is 0 Å². The highest BCUT2D eigenvalue weighted by Gasteiger charge is 2.39. The Labute approximate surface area is 161 Å². The molecule has 2 aromatic rings. The Bertz CT molecular complexity index is 1070. The molecule has 2 aliphatic rings. The lowest BCUT2D eigenvalue weighted by molar-refractivity contribution is -0.125. The molecule has 0 saturated carbocycles. The van der Waals surface area contributed by atoms with E-state index in [1.54, 1.807) is 35.2 Å². The monoisotopic (exact) mass is 399 g/mol. The van der Waals surface area contributed by atoms with Gasteiger partial charge in [-0.15, -0.1) is 4.40 Å². The smallest absolute Gasteiger partial charge is 0.288 e. The van der Waals surface area contributed by atoms with Gasteiger partial charge in [-0.3, -0.25) is 25.4 Å². The molecule has 3 heterocycles. The number of fused-ring (bicyclic) bond motifs is 1. The fraction of sp³-hybridized carbons (Fsp3) is 0.222. The summed E-state index contributed by atoms with van der Waals surface area (Å²) in [6.45, 7) is 0.495. The molecule has 2 N–H and O–H groups in total. The maximum atomic E-state index is 12.6. The van der Waals surface area contributed by atoms with E-state index in [2.05, 4.69) is 20.2 Å². The number of nitrogens with zero attached hydrogens (tertiary/aromatic N) is 3. The van der Waals surface area contributed by atoms with E-state index >= 15 is 0 Å². The largest absolute Gasteiger partial charge is 0.343 e. The zero-order valence-corrected chi connectivity index (χ0v) is 15.5. The average Bonchev–Trinajstić information content (AvgIpc) is 3.29. The van der Waals surface area contributed by atoms with Crippen molar-refractivity contribution in [2.24, 2.45) is 4.40 Å². The highest BCUT2D eigenvalue weighted by molar-refractivity contribution is 7.90. The summed E-state index contributed by atoms with van der Waals surface area (Å²) in [6, 6.07) is 10.8. The van der Waals surface area contributed by atoms with Crippen LogP contribution in [0.15, 0.2) is 58.0 Å². The summed E-state index contributed by atoms with van der Waals surface area (Å²) in [5.74, 6) is -0.708. The first kappa shape index (κ1) is 18.1. The standard InChI is InChI=1S/C18H17N5O4S/c24-17(13-7-3-4-10-19-13)20-21-18(25)14-8-5-11-23(14)16-12-6-1-2-9-15(12)28(26,27)22-16/h1-4,6-7,9-10,14H,5,8,11H2,(H,20,24)(H,21,25)/t14-/m0/s1. The maximum Gasteiger partial charge on any atom is 0.288 e. The molecule has 9 nitrogen and oxygen atoms in total. The van der Waals surface area contributed by atoms with E-state index in [-0.39, 0.29) is 16.4 Å². The minimum atomic E-state index is -3.77. The van der Waals surface area contributed by atoms with E-state index < -0.39 is 27.9 Å². The van der Waals surface area contributed by atoms with Crippen LogP contribution >= 0.6 is 0 Å². The van der Waals surface area contributed by atoms with E-state index in [0.29, 0.717) is 24.9 Å². The van der Waals surface area contributed by atoms with Crippen molar-refractivity contribution < 1.29 is 18.0 Å². The molecule has 4 rings (SSSR count). The van der Waals surface area contributed by atoms with Gasteiger partial charge in [-0.2, -0.15) is 8.42 Å². The highest BCUT2D eigenvalue weighted by Crippen LogP contribution is 2.31. The van der Waals surface area contributed by atoms with Crippen molar-refractivity contribution in [1.82, 2.24) is 20.7 Å². The van der Waals surface area contributed by atoms with Gasteiger partial charge >= 0.3 is 0 Å². The number of aromatic nitrogens is 1. The van der Waals surface area contributed by atoms with Gasteiger partial charge in [0.1, 0.15) is 16.6 Å². The second-order valence-corrected chi connectivity index (χ2v) is 7.97. The number of likely N-dealkylation sites (tertiary alicyclic amines) is 1. The summed E-state index contributed by atoms with van der Waals surface area (Å²) in [6.07, 6.45) is 2.70. The molecule has 2 amide bonds. The lowest BCUT2D eigenvalue weighted by Crippen LogP contribution is -2.51. The number of carbonyl (C=O) groups is 2. The minimum absolute atomic E-state index is 0.138. The molecule has 28 heavy (non-hydrogen) atoms. The Morgan fingerprint density at radius 2 is 1.86 bits per heavy atom. The molecular weight excluding hydrogens is 382 g/mol. The Morgan fingerprint density at radius 1 is 1.07 bits per heavy atom. The number of hydrogen-bond donors (Lipinski definition) is 2. The van der Waals surface area contributed by atoms with E-state index in [1.807, 2.05) is 0 Å². The van der Waals surface area contributed by atoms with Crippen molar-refractivity contribution >= 4 is 27.7 Å². The number of nitrogens with one attached hydrogen (secondary N) is 2. The van der Waals surface area contributed by atoms with Gasteiger partial charge in [0.05, 0.1) is 0 Å². The molecule has 2 aliphatic heterocycles. The summed E-state index contributed by atoms with van der Waals surface area (Å²) < 4.78 is 28.5. The highest BCUT2D eigenvalue weighted by atomic mass is 32.2. The molecule has 0 unspecified atom stereocenters. The summed E-state index contributed by atoms with van der Waals surface area (Å²) in [7, 11) is -3.77. The predicted octanol–water partition coefficient (Wildman–Crippen LogP) is 0.456. The van der Waals surface area contributed by atoms with Crippen LogP contribution in [-0.4, -0.2) is 48.5 Å². The van der Waals surface area contributed by atoms with Gasteiger partial charge in [0.15, 0.2) is 5.84 Å². The number of amidine groups is 1. The van der Waals surface area contributed by atoms with Crippen molar-refractivity contribution in [3.8, 4) is 0 Å². The summed E-state index contributed by atoms with van der Waals surface area (Å²) in [4.78, 5) is 30.4. The number of benzene rings is 1. The number of hydrogen-bond acceptors (Lipinski definition) is 6. The van der Waals surface area contributed by atoms with E-state index in [9.17, 15) is 18.0 Å². The Morgan fingerprint density at radius 3 is 2.64 bits per heavy atom. The normalized spacial score (nSPS) is 19.6. The first-order valence-corrected chi connectivity index (χ1v) is 10.1. The molecule has 1 aromatic heterocycles. The minimum Gasteiger partial charge on any atom is -0.343 e. The van der Waals surface area contributed by atoms with Gasteiger partial charge < -0.3 is 4.90 Å². The van der Waals surface area contributed by atoms with E-state index in [0.717, 1.165) is 0 Å². The molecule has 144 valence electrons. The topological polar surface area (TPSA) is 121 Å². The van der Waals surface area contributed by atoms with Crippen LogP contribution < -0.4 is 10.9 Å². The van der Waals surface area contributed by atoms with Crippen LogP contribution in [0.4, 0.5) is 0 Å². The van der Waals surface area contributed by atoms with Gasteiger partial charge in [-0.05, 0) is 37.1 Å². The molecule has 1 saturated heterocycles. The van der Waals surface area contributed by atoms with Gasteiger partial charge in [0, 0.05) is 18.3 Å². The van der Waals surface area contributed by atoms with Crippen molar-refractivity contribution in [3.63, 3.8) is 0 Å². The molecule has 1 fully saturated rings. The van der Waals surface area contributed by atoms with Crippen molar-refractivity contribution in [3.05, 3.63) is 59.9 Å². The molecule has 10 heteroatoms. The Hall–Kier alpha value is -3.27. The molecule has 1 atom stereocenters. The van der Waals surface area contributed by atoms with Crippen molar-refractivity contribution in [2.45, 2.75) is 23.8 Å². The number of amides is 2. The quantitative estimate of drug-likeness (QED) is 0.708. The average molecular weight is 399 g/mol. The molecule has 0 radical (unpaired) electrons. The first-order chi connectivity index (χ1) is 13.5. The third-order valence-corrected chi connectivity index (χ3v) is 5.96. The Balaban J connectivity index is 1.50. The molecule has 0 bridgehead atoms. The number of carbonyl (C=O) groups excluding carboxylic acids is 2. The lowest BCUT2D eigenvalue weighted by atomic mass is 10.1. The first-order valence-electron chi connectivity index (χ1n) is 8.69. The SMILES string of the molecule is O=C(NNC(=O)[C@@H]1CCCN1C1=NS(=O)(=O)c2ccccc21)c1ccccn1. The second kappa shape index (κ2) is 7.04. The fourth-order valence-electron chi connectivity index (χ4n) is 3.35. The van der Waals surface area contributed by atoms with Gasteiger partial charge in [0.2, 0.25) is 0 Å². The number of sulfonamides is 1. The number of pyridine rings is 1. The van der Waals surface area contributed by atoms with Crippen LogP contribution in [0.1, 0.15) is 28.9 Å². The summed E-state index contributed by atoms with van der Waals surface area (Å²) >= 11 is 0. The molecular formula is C18H17N5O4S. The zero-order valence-electron chi connectivity index (χ0n) is 14.7. The van der Waals surface area contributed by atoms with Crippen LogP contribution in [-0.2, 0) is 14.8 Å². The van der Waals surface area contributed by atoms with Crippen LogP contribution in [0.5, 0.6) is 0 Å². The van der Waals surface area contributed by atoms with Crippen LogP contribution in [0, 0.1) is 0 Å². The lowest BCUT2D eigenvalue weighted by Gasteiger charge is -2.25. The number of rotatable bonds is 2. The number of hydrazine groups is 1. The fourth-order valence-corrected chi connectivity index (χ4v) is 4.57. The van der Waals surface area contributed by atoms with Gasteiger partial charge in [-0.1, -0.05) is 18.2 Å². The van der Waals surface area contributed by atoms with Crippen LogP contribution in [0.25, 0.3) is 0 Å². The summed E-state index contributed by atoms with van der Waals surface area (Å²) in [5, 5.41) is 0. The zero-order chi connectivity index (χ0) is 19.7. The van der Waals surface area contributed by atoms with Gasteiger partial charge in [-0.25, -0.2) is 0 Å². The van der Waals surface area contributed by atoms with E-state index in [1.165, 1.54) is 18.3 Å². The van der Waals surface area contributed by atoms with Crippen molar-refractivity contribution in [2.75, 3.05) is 6.54 Å². The Kier molecular flexibility index (Phi) is 4.55. The van der Waals surface area contributed by atoms with Crippen LogP contribution in [0.2, 0.25) is 0 Å². The summed E-state index contributed by atoms with van der Waals surface area (Å²) in [5.41, 5.74) is 5.39. The second-order valence-electron chi connectivity index (χ2n) is 6.40. The third kappa shape index (κ3) is 3.22. The maximum absolute atomic E-state index is 12.6.